The van der Waals surface area contributed by atoms with Gasteiger partial charge in [-0.15, -0.1) is 6.42 Å². The van der Waals surface area contributed by atoms with Crippen LogP contribution in [0.1, 0.15) is 11.3 Å². The molecule has 0 amide bonds. The summed E-state index contributed by atoms with van der Waals surface area (Å²) in [4.78, 5) is 19.3. The first-order chi connectivity index (χ1) is 15.9. The van der Waals surface area contributed by atoms with E-state index in [1.54, 1.807) is 18.2 Å². The molecule has 0 fully saturated rings. The molecule has 0 aliphatic carbocycles. The second-order valence-electron chi connectivity index (χ2n) is 7.05. The van der Waals surface area contributed by atoms with Crippen molar-refractivity contribution in [3.8, 4) is 35.1 Å². The predicted octanol–water partition coefficient (Wildman–Crippen LogP) is 2.80. The standard InChI is InChI=1S/C22H18F3N3O5S/c1-4-9-33-18-10-14(5-7-17(18)32-2)12-28-13-15(6-8-20(28)29)16-11-19(22(23,24)25)27-21(26-16)34(3,30)31/h1,5-8,10-11,13H,9,12H2,2-3H3. The third-order valence-electron chi connectivity index (χ3n) is 4.50. The summed E-state index contributed by atoms with van der Waals surface area (Å²) in [5, 5.41) is -0.972. The van der Waals surface area contributed by atoms with Crippen molar-refractivity contribution in [1.82, 2.24) is 14.5 Å². The number of benzene rings is 1. The van der Waals surface area contributed by atoms with Crippen molar-refractivity contribution in [1.29, 1.82) is 0 Å². The summed E-state index contributed by atoms with van der Waals surface area (Å²) >= 11 is 0. The normalized spacial score (nSPS) is 11.6. The summed E-state index contributed by atoms with van der Waals surface area (Å²) in [5.41, 5.74) is -1.46. The minimum Gasteiger partial charge on any atom is -0.493 e. The van der Waals surface area contributed by atoms with Gasteiger partial charge in [0.15, 0.2) is 11.5 Å². The molecule has 0 aliphatic heterocycles. The van der Waals surface area contributed by atoms with E-state index >= 15 is 0 Å². The fraction of sp³-hybridized carbons (Fsp3) is 0.227. The van der Waals surface area contributed by atoms with Gasteiger partial charge in [0.05, 0.1) is 19.3 Å². The van der Waals surface area contributed by atoms with Crippen molar-refractivity contribution in [3.05, 3.63) is 64.2 Å². The summed E-state index contributed by atoms with van der Waals surface area (Å²) in [7, 11) is -2.68. The monoisotopic (exact) mass is 493 g/mol. The van der Waals surface area contributed by atoms with E-state index in [1.807, 2.05) is 0 Å². The highest BCUT2D eigenvalue weighted by atomic mass is 32.2. The SMILES string of the molecule is C#CCOc1cc(Cn2cc(-c3cc(C(F)(F)F)nc(S(C)(=O)=O)n3)ccc2=O)ccc1OC. The van der Waals surface area contributed by atoms with Crippen LogP contribution in [0.2, 0.25) is 0 Å². The molecule has 0 N–H and O–H groups in total. The zero-order valence-electron chi connectivity index (χ0n) is 18.0. The molecule has 0 radical (unpaired) electrons. The summed E-state index contributed by atoms with van der Waals surface area (Å²) in [5.74, 6) is 3.11. The number of ether oxygens (including phenoxy) is 2. The Morgan fingerprint density at radius 1 is 1.12 bits per heavy atom. The third-order valence-corrected chi connectivity index (χ3v) is 5.34. The maximum absolute atomic E-state index is 13.3. The van der Waals surface area contributed by atoms with Gasteiger partial charge in [0, 0.05) is 24.1 Å². The number of hydrogen-bond donors (Lipinski definition) is 0. The summed E-state index contributed by atoms with van der Waals surface area (Å²) in [6.07, 6.45) is 2.30. The lowest BCUT2D eigenvalue weighted by Gasteiger charge is -2.13. The molecular formula is C22H18F3N3O5S. The Labute approximate surface area is 192 Å². The second-order valence-corrected chi connectivity index (χ2v) is 8.96. The van der Waals surface area contributed by atoms with E-state index in [1.165, 1.54) is 23.9 Å². The van der Waals surface area contributed by atoms with Crippen molar-refractivity contribution >= 4 is 9.84 Å². The average Bonchev–Trinajstić information content (AvgIpc) is 2.77. The molecule has 2 aromatic heterocycles. The molecule has 12 heteroatoms. The van der Waals surface area contributed by atoms with E-state index in [-0.39, 0.29) is 24.4 Å². The molecule has 34 heavy (non-hydrogen) atoms. The lowest BCUT2D eigenvalue weighted by molar-refractivity contribution is -0.141. The van der Waals surface area contributed by atoms with Crippen molar-refractivity contribution in [3.63, 3.8) is 0 Å². The van der Waals surface area contributed by atoms with Crippen LogP contribution in [-0.2, 0) is 22.6 Å². The Morgan fingerprint density at radius 2 is 1.85 bits per heavy atom. The topological polar surface area (TPSA) is 100 Å². The number of aromatic nitrogens is 3. The summed E-state index contributed by atoms with van der Waals surface area (Å²) in [6, 6.07) is 7.93. The van der Waals surface area contributed by atoms with Gasteiger partial charge >= 0.3 is 6.18 Å². The highest BCUT2D eigenvalue weighted by Crippen LogP contribution is 2.31. The number of terminal acetylenes is 1. The number of pyridine rings is 1. The van der Waals surface area contributed by atoms with Gasteiger partial charge in [-0.1, -0.05) is 12.0 Å². The summed E-state index contributed by atoms with van der Waals surface area (Å²) < 4.78 is 75.4. The molecule has 3 aromatic rings. The van der Waals surface area contributed by atoms with Crippen LogP contribution in [0, 0.1) is 12.3 Å². The first-order valence-electron chi connectivity index (χ1n) is 9.52. The van der Waals surface area contributed by atoms with Gasteiger partial charge in [-0.25, -0.2) is 18.4 Å². The van der Waals surface area contributed by atoms with Gasteiger partial charge in [-0.3, -0.25) is 4.79 Å². The molecule has 1 aromatic carbocycles. The zero-order valence-corrected chi connectivity index (χ0v) is 18.8. The van der Waals surface area contributed by atoms with E-state index in [4.69, 9.17) is 15.9 Å². The highest BCUT2D eigenvalue weighted by molar-refractivity contribution is 7.90. The minimum absolute atomic E-state index is 0.00678. The number of alkyl halides is 3. The Bertz CT molecular complexity index is 1430. The van der Waals surface area contributed by atoms with Crippen LogP contribution in [-0.4, -0.2) is 42.9 Å². The van der Waals surface area contributed by atoms with Crippen molar-refractivity contribution in [2.24, 2.45) is 0 Å². The first kappa shape index (κ1) is 24.8. The van der Waals surface area contributed by atoms with Crippen LogP contribution < -0.4 is 15.0 Å². The first-order valence-corrected chi connectivity index (χ1v) is 11.4. The number of sulfone groups is 1. The number of halogens is 3. The van der Waals surface area contributed by atoms with Gasteiger partial charge < -0.3 is 14.0 Å². The van der Waals surface area contributed by atoms with Crippen molar-refractivity contribution < 1.29 is 31.1 Å². The quantitative estimate of drug-likeness (QED) is 0.369. The van der Waals surface area contributed by atoms with Gasteiger partial charge in [0.2, 0.25) is 15.0 Å². The molecular weight excluding hydrogens is 475 g/mol. The fourth-order valence-corrected chi connectivity index (χ4v) is 3.47. The predicted molar refractivity (Wildman–Crippen MR) is 116 cm³/mol. The number of rotatable bonds is 7. The Morgan fingerprint density at radius 3 is 2.47 bits per heavy atom. The molecule has 8 nitrogen and oxygen atoms in total. The molecule has 2 heterocycles. The lowest BCUT2D eigenvalue weighted by Crippen LogP contribution is -2.19. The van der Waals surface area contributed by atoms with Crippen LogP contribution in [0.5, 0.6) is 11.5 Å². The Hall–Kier alpha value is -3.85. The molecule has 0 aliphatic rings. The second kappa shape index (κ2) is 9.56. The van der Waals surface area contributed by atoms with Gasteiger partial charge in [-0.2, -0.15) is 13.2 Å². The molecule has 0 unspecified atom stereocenters. The minimum atomic E-state index is -4.90. The largest absolute Gasteiger partial charge is 0.493 e. The fourth-order valence-electron chi connectivity index (χ4n) is 2.94. The van der Waals surface area contributed by atoms with Gasteiger partial charge in [-0.05, 0) is 29.8 Å². The zero-order chi connectivity index (χ0) is 25.1. The molecule has 0 bridgehead atoms. The molecule has 3 rings (SSSR count). The average molecular weight is 493 g/mol. The molecule has 178 valence electrons. The molecule has 0 atom stereocenters. The Kier molecular flexibility index (Phi) is 6.97. The maximum Gasteiger partial charge on any atom is 0.433 e. The number of methoxy groups -OCH3 is 1. The smallest absolute Gasteiger partial charge is 0.433 e. The van der Waals surface area contributed by atoms with E-state index < -0.39 is 32.4 Å². The van der Waals surface area contributed by atoms with Crippen LogP contribution in [0.4, 0.5) is 13.2 Å². The number of hydrogen-bond acceptors (Lipinski definition) is 7. The van der Waals surface area contributed by atoms with E-state index in [2.05, 4.69) is 15.9 Å². The van der Waals surface area contributed by atoms with Gasteiger partial charge in [0.25, 0.3) is 5.56 Å². The van der Waals surface area contributed by atoms with Crippen LogP contribution in [0.25, 0.3) is 11.3 Å². The Balaban J connectivity index is 2.06. The third kappa shape index (κ3) is 5.74. The van der Waals surface area contributed by atoms with Crippen LogP contribution in [0.15, 0.2) is 52.5 Å². The van der Waals surface area contributed by atoms with E-state index in [0.29, 0.717) is 29.4 Å². The number of nitrogens with zero attached hydrogens (tertiary/aromatic N) is 3. The maximum atomic E-state index is 13.3. The van der Waals surface area contributed by atoms with Crippen LogP contribution >= 0.6 is 0 Å². The van der Waals surface area contributed by atoms with E-state index in [0.717, 1.165) is 6.07 Å². The van der Waals surface area contributed by atoms with Crippen molar-refractivity contribution in [2.75, 3.05) is 20.0 Å². The lowest BCUT2D eigenvalue weighted by atomic mass is 10.1. The van der Waals surface area contributed by atoms with Crippen molar-refractivity contribution in [2.45, 2.75) is 17.9 Å². The molecule has 0 saturated carbocycles. The van der Waals surface area contributed by atoms with E-state index in [9.17, 15) is 26.4 Å². The highest BCUT2D eigenvalue weighted by Gasteiger charge is 2.35. The van der Waals surface area contributed by atoms with Gasteiger partial charge in [0.1, 0.15) is 12.3 Å². The molecule has 0 spiro atoms. The summed E-state index contributed by atoms with van der Waals surface area (Å²) in [6.45, 7) is 0.0202. The van der Waals surface area contributed by atoms with Crippen LogP contribution in [0.3, 0.4) is 0 Å². The molecule has 0 saturated heterocycles.